The number of rotatable bonds is 7. The highest BCUT2D eigenvalue weighted by Crippen LogP contribution is 2.25. The van der Waals surface area contributed by atoms with Gasteiger partial charge in [0.1, 0.15) is 5.82 Å². The maximum absolute atomic E-state index is 13.0. The number of thioether (sulfide) groups is 1. The van der Waals surface area contributed by atoms with Crippen LogP contribution in [0.4, 0.5) is 15.1 Å². The van der Waals surface area contributed by atoms with E-state index in [0.29, 0.717) is 28.6 Å². The number of carbonyl (C=O) groups is 2. The van der Waals surface area contributed by atoms with Crippen LogP contribution in [0.25, 0.3) is 6.08 Å². The van der Waals surface area contributed by atoms with Crippen molar-refractivity contribution in [3.8, 4) is 0 Å². The van der Waals surface area contributed by atoms with Crippen LogP contribution in [-0.2, 0) is 11.2 Å². The molecular weight excluding hydrogens is 417 g/mol. The zero-order valence-electron chi connectivity index (χ0n) is 16.9. The maximum Gasteiger partial charge on any atom is 0.290 e. The van der Waals surface area contributed by atoms with Gasteiger partial charge in [0.05, 0.1) is 10.6 Å². The molecule has 0 bridgehead atoms. The minimum Gasteiger partial charge on any atom is -0.351 e. The summed E-state index contributed by atoms with van der Waals surface area (Å²) < 4.78 is 13.0. The summed E-state index contributed by atoms with van der Waals surface area (Å²) in [4.78, 5) is 32.0. The molecule has 2 aliphatic rings. The Morgan fingerprint density at radius 2 is 1.84 bits per heavy atom. The van der Waals surface area contributed by atoms with Crippen LogP contribution in [0.1, 0.15) is 36.9 Å². The molecule has 31 heavy (non-hydrogen) atoms. The lowest BCUT2D eigenvalue weighted by atomic mass is 9.91. The topological polar surface area (TPSA) is 96.0 Å². The van der Waals surface area contributed by atoms with E-state index in [1.165, 1.54) is 12.1 Å². The first-order valence-corrected chi connectivity index (χ1v) is 11.2. The molecule has 1 aromatic heterocycles. The van der Waals surface area contributed by atoms with Gasteiger partial charge in [-0.2, -0.15) is 0 Å². The van der Waals surface area contributed by atoms with Crippen molar-refractivity contribution >= 4 is 34.9 Å². The molecule has 3 N–H and O–H groups in total. The summed E-state index contributed by atoms with van der Waals surface area (Å²) in [6.07, 6.45) is 8.26. The van der Waals surface area contributed by atoms with Crippen molar-refractivity contribution in [2.24, 2.45) is 0 Å². The molecule has 162 valence electrons. The molecule has 2 heterocycles. The summed E-state index contributed by atoms with van der Waals surface area (Å²) in [6, 6.07) is 9.14. The second-order valence-corrected chi connectivity index (χ2v) is 8.70. The fraction of sp³-hybridized carbons (Fsp3) is 0.364. The van der Waals surface area contributed by atoms with E-state index in [1.54, 1.807) is 18.3 Å². The normalized spacial score (nSPS) is 22.5. The van der Waals surface area contributed by atoms with Crippen molar-refractivity contribution in [3.63, 3.8) is 0 Å². The molecule has 1 saturated carbocycles. The third-order valence-corrected chi connectivity index (χ3v) is 6.23. The Kier molecular flexibility index (Phi) is 6.93. The third kappa shape index (κ3) is 6.11. The first-order valence-electron chi connectivity index (χ1n) is 10.4. The number of imide groups is 1. The molecule has 1 aromatic carbocycles. The predicted molar refractivity (Wildman–Crippen MR) is 119 cm³/mol. The number of aromatic nitrogens is 2. The molecule has 0 unspecified atom stereocenters. The summed E-state index contributed by atoms with van der Waals surface area (Å²) in [7, 11) is 0. The average Bonchev–Trinajstić information content (AvgIpc) is 3.07. The van der Waals surface area contributed by atoms with Crippen LogP contribution in [0.3, 0.4) is 0 Å². The summed E-state index contributed by atoms with van der Waals surface area (Å²) >= 11 is 0.873. The summed E-state index contributed by atoms with van der Waals surface area (Å²) in [6.45, 7) is 0.877. The van der Waals surface area contributed by atoms with E-state index < -0.39 is 5.91 Å². The van der Waals surface area contributed by atoms with Gasteiger partial charge in [-0.15, -0.1) is 0 Å². The number of hydrogen-bond donors (Lipinski definition) is 3. The van der Waals surface area contributed by atoms with Crippen LogP contribution in [0.2, 0.25) is 0 Å². The van der Waals surface area contributed by atoms with Crippen LogP contribution >= 0.6 is 11.8 Å². The van der Waals surface area contributed by atoms with Crippen molar-refractivity contribution in [2.45, 2.75) is 44.2 Å². The lowest BCUT2D eigenvalue weighted by molar-refractivity contribution is -0.115. The van der Waals surface area contributed by atoms with Gasteiger partial charge in [-0.05, 0) is 80.2 Å². The van der Waals surface area contributed by atoms with Crippen molar-refractivity contribution in [1.29, 1.82) is 0 Å². The highest BCUT2D eigenvalue weighted by molar-refractivity contribution is 8.18. The highest BCUT2D eigenvalue weighted by atomic mass is 32.2. The van der Waals surface area contributed by atoms with Gasteiger partial charge in [-0.3, -0.25) is 14.9 Å². The van der Waals surface area contributed by atoms with Crippen LogP contribution < -0.4 is 16.0 Å². The standard InChI is InChI=1S/C22H24FN5O2S/c23-15-3-1-14(2-4-15)9-11-24-16-5-7-17(8-6-16)26-21-25-12-10-18(27-21)13-19-20(29)28-22(30)31-19/h1-4,10,12-13,16-17,24H,5-9,11H2,(H,25,26,27)(H,28,29,30). The van der Waals surface area contributed by atoms with Crippen molar-refractivity contribution in [2.75, 3.05) is 11.9 Å². The average molecular weight is 442 g/mol. The summed E-state index contributed by atoms with van der Waals surface area (Å²) in [5, 5.41) is 8.85. The van der Waals surface area contributed by atoms with Crippen molar-refractivity contribution < 1.29 is 14.0 Å². The second kappa shape index (κ2) is 10.0. The van der Waals surface area contributed by atoms with E-state index >= 15 is 0 Å². The Morgan fingerprint density at radius 3 is 2.55 bits per heavy atom. The number of halogens is 1. The SMILES string of the molecule is O=C1NC(=O)C(=Cc2ccnc(NC3CCC(NCCc4ccc(F)cc4)CC3)n2)S1. The molecule has 9 heteroatoms. The number of nitrogens with one attached hydrogen (secondary N) is 3. The molecule has 2 fully saturated rings. The monoisotopic (exact) mass is 441 g/mol. The van der Waals surface area contributed by atoms with E-state index in [1.807, 2.05) is 12.1 Å². The summed E-state index contributed by atoms with van der Waals surface area (Å²) in [5.41, 5.74) is 1.72. The summed E-state index contributed by atoms with van der Waals surface area (Å²) in [5.74, 6) is -0.0723. The Balaban J connectivity index is 1.23. The Hall–Kier alpha value is -2.78. The Bertz CT molecular complexity index is 974. The first-order chi connectivity index (χ1) is 15.0. The van der Waals surface area contributed by atoms with E-state index in [4.69, 9.17) is 0 Å². The molecule has 0 spiro atoms. The quantitative estimate of drug-likeness (QED) is 0.566. The van der Waals surface area contributed by atoms with E-state index in [0.717, 1.165) is 56.0 Å². The van der Waals surface area contributed by atoms with Gasteiger partial charge in [-0.25, -0.2) is 14.4 Å². The van der Waals surface area contributed by atoms with Gasteiger partial charge in [-0.1, -0.05) is 12.1 Å². The molecular formula is C22H24FN5O2S. The van der Waals surface area contributed by atoms with Crippen molar-refractivity contribution in [3.05, 3.63) is 58.5 Å². The lowest BCUT2D eigenvalue weighted by Gasteiger charge is -2.29. The predicted octanol–water partition coefficient (Wildman–Crippen LogP) is 3.50. The zero-order chi connectivity index (χ0) is 21.6. The van der Waals surface area contributed by atoms with Crippen LogP contribution in [0, 0.1) is 5.82 Å². The molecule has 7 nitrogen and oxygen atoms in total. The van der Waals surface area contributed by atoms with Gasteiger partial charge in [0.15, 0.2) is 0 Å². The van der Waals surface area contributed by atoms with Gasteiger partial charge in [0, 0.05) is 18.3 Å². The minimum atomic E-state index is -0.395. The number of anilines is 1. The minimum absolute atomic E-state index is 0.202. The van der Waals surface area contributed by atoms with E-state index in [-0.39, 0.29) is 11.1 Å². The Morgan fingerprint density at radius 1 is 1.10 bits per heavy atom. The smallest absolute Gasteiger partial charge is 0.290 e. The number of nitrogens with zero attached hydrogens (tertiary/aromatic N) is 2. The number of hydrogen-bond acceptors (Lipinski definition) is 7. The van der Waals surface area contributed by atoms with E-state index in [9.17, 15) is 14.0 Å². The van der Waals surface area contributed by atoms with E-state index in [2.05, 4.69) is 25.9 Å². The largest absolute Gasteiger partial charge is 0.351 e. The van der Waals surface area contributed by atoms with Crippen LogP contribution in [0.15, 0.2) is 41.4 Å². The zero-order valence-corrected chi connectivity index (χ0v) is 17.8. The Labute approximate surface area is 184 Å². The van der Waals surface area contributed by atoms with Gasteiger partial charge >= 0.3 is 0 Å². The maximum atomic E-state index is 13.0. The molecule has 2 aromatic rings. The lowest BCUT2D eigenvalue weighted by Crippen LogP contribution is -2.38. The van der Waals surface area contributed by atoms with Crippen LogP contribution in [0.5, 0.6) is 0 Å². The molecule has 0 atom stereocenters. The van der Waals surface area contributed by atoms with Gasteiger partial charge in [0.2, 0.25) is 5.95 Å². The van der Waals surface area contributed by atoms with Crippen molar-refractivity contribution in [1.82, 2.24) is 20.6 Å². The van der Waals surface area contributed by atoms with Gasteiger partial charge in [0.25, 0.3) is 11.1 Å². The number of amides is 2. The molecule has 2 amide bonds. The van der Waals surface area contributed by atoms with Gasteiger partial charge < -0.3 is 10.6 Å². The number of carbonyl (C=O) groups excluding carboxylic acids is 2. The fourth-order valence-electron chi connectivity index (χ4n) is 3.77. The molecule has 0 radical (unpaired) electrons. The molecule has 1 saturated heterocycles. The fourth-order valence-corrected chi connectivity index (χ4v) is 4.44. The highest BCUT2D eigenvalue weighted by Gasteiger charge is 2.25. The van der Waals surface area contributed by atoms with Crippen LogP contribution in [-0.4, -0.2) is 39.7 Å². The molecule has 1 aliphatic carbocycles. The second-order valence-electron chi connectivity index (χ2n) is 7.68. The number of benzene rings is 1. The molecule has 1 aliphatic heterocycles. The molecule has 4 rings (SSSR count). The first kappa shape index (κ1) is 21.5. The third-order valence-electron chi connectivity index (χ3n) is 5.42.